The van der Waals surface area contributed by atoms with E-state index in [9.17, 15) is 4.79 Å². The highest BCUT2D eigenvalue weighted by Gasteiger charge is 2.04. The van der Waals surface area contributed by atoms with Crippen LogP contribution in [0.1, 0.15) is 20.8 Å². The maximum absolute atomic E-state index is 10.9. The monoisotopic (exact) mass is 158 g/mol. The summed E-state index contributed by atoms with van der Waals surface area (Å²) in [6, 6.07) is 0. The average molecular weight is 158 g/mol. The van der Waals surface area contributed by atoms with Gasteiger partial charge in [0.25, 0.3) is 0 Å². The third-order valence-corrected chi connectivity index (χ3v) is 1.09. The molecule has 1 atom stereocenters. The smallest absolute Gasteiger partial charge is 0.333 e. The number of ether oxygens (including phenoxy) is 1. The Hall–Kier alpha value is -0.830. The maximum atomic E-state index is 10.9. The summed E-state index contributed by atoms with van der Waals surface area (Å²) in [4.78, 5) is 10.9. The first-order chi connectivity index (χ1) is 5.07. The molecule has 0 rings (SSSR count). The van der Waals surface area contributed by atoms with Gasteiger partial charge in [-0.3, -0.25) is 0 Å². The molecule has 0 bridgehead atoms. The average Bonchev–Trinajstić information content (AvgIpc) is 1.86. The Morgan fingerprint density at radius 2 is 2.27 bits per heavy atom. The Labute approximate surface area is 66.7 Å². The van der Waals surface area contributed by atoms with Crippen molar-refractivity contribution in [1.29, 1.82) is 0 Å². The Bertz CT molecular complexity index is 159. The van der Waals surface area contributed by atoms with E-state index in [1.54, 1.807) is 20.8 Å². The van der Waals surface area contributed by atoms with Crippen molar-refractivity contribution in [2.45, 2.75) is 26.9 Å². The fourth-order valence-electron chi connectivity index (χ4n) is 0.675. The number of carbonyl (C=O) groups is 1. The molecule has 1 N–H and O–H groups in total. The molecule has 0 aliphatic rings. The molecule has 3 nitrogen and oxygen atoms in total. The largest absolute Gasteiger partial charge is 0.463 e. The van der Waals surface area contributed by atoms with Crippen LogP contribution in [-0.2, 0) is 9.53 Å². The zero-order valence-electron chi connectivity index (χ0n) is 7.13. The standard InChI is InChI=1S/C8H14O3/c1-4-11-8(10)6(2)5-7(3)9/h5,7,9H,4H2,1-3H3. The van der Waals surface area contributed by atoms with E-state index in [1.807, 2.05) is 0 Å². The normalized spacial score (nSPS) is 14.4. The summed E-state index contributed by atoms with van der Waals surface area (Å²) in [7, 11) is 0. The summed E-state index contributed by atoms with van der Waals surface area (Å²) in [6.07, 6.45) is 0.859. The molecule has 0 spiro atoms. The first kappa shape index (κ1) is 10.2. The molecule has 1 unspecified atom stereocenters. The Morgan fingerprint density at radius 1 is 1.73 bits per heavy atom. The first-order valence-corrected chi connectivity index (χ1v) is 3.61. The first-order valence-electron chi connectivity index (χ1n) is 3.61. The number of carbonyl (C=O) groups excluding carboxylic acids is 1. The van der Waals surface area contributed by atoms with Crippen LogP contribution in [0.5, 0.6) is 0 Å². The van der Waals surface area contributed by atoms with Crippen molar-refractivity contribution >= 4 is 5.97 Å². The molecule has 0 aromatic heterocycles. The van der Waals surface area contributed by atoms with Gasteiger partial charge in [-0.1, -0.05) is 0 Å². The van der Waals surface area contributed by atoms with Crippen LogP contribution < -0.4 is 0 Å². The molecule has 0 aliphatic heterocycles. The second-order valence-electron chi connectivity index (χ2n) is 2.31. The van der Waals surface area contributed by atoms with Crippen LogP contribution >= 0.6 is 0 Å². The lowest BCUT2D eigenvalue weighted by molar-refractivity contribution is -0.138. The molecule has 0 radical (unpaired) electrons. The minimum absolute atomic E-state index is 0.365. The van der Waals surface area contributed by atoms with E-state index in [-0.39, 0.29) is 5.97 Å². The minimum atomic E-state index is -0.598. The van der Waals surface area contributed by atoms with Crippen LogP contribution in [0.25, 0.3) is 0 Å². The number of rotatable bonds is 3. The Kier molecular flexibility index (Phi) is 4.54. The molecular formula is C8H14O3. The van der Waals surface area contributed by atoms with Gasteiger partial charge in [0, 0.05) is 5.57 Å². The van der Waals surface area contributed by atoms with Gasteiger partial charge in [-0.2, -0.15) is 0 Å². The van der Waals surface area contributed by atoms with Gasteiger partial charge in [0.1, 0.15) is 0 Å². The van der Waals surface area contributed by atoms with Crippen molar-refractivity contribution in [2.24, 2.45) is 0 Å². The van der Waals surface area contributed by atoms with Crippen molar-refractivity contribution in [3.05, 3.63) is 11.6 Å². The third-order valence-electron chi connectivity index (χ3n) is 1.09. The number of hydrogen-bond donors (Lipinski definition) is 1. The zero-order valence-corrected chi connectivity index (χ0v) is 7.13. The number of esters is 1. The third kappa shape index (κ3) is 4.56. The second-order valence-corrected chi connectivity index (χ2v) is 2.31. The van der Waals surface area contributed by atoms with E-state index in [4.69, 9.17) is 5.11 Å². The van der Waals surface area contributed by atoms with E-state index < -0.39 is 6.10 Å². The predicted molar refractivity (Wildman–Crippen MR) is 42.1 cm³/mol. The van der Waals surface area contributed by atoms with Gasteiger partial charge in [0.15, 0.2) is 0 Å². The highest BCUT2D eigenvalue weighted by molar-refractivity contribution is 5.87. The Balaban J connectivity index is 4.01. The van der Waals surface area contributed by atoms with Crippen LogP contribution in [0.3, 0.4) is 0 Å². The lowest BCUT2D eigenvalue weighted by atomic mass is 10.2. The van der Waals surface area contributed by atoms with E-state index in [1.165, 1.54) is 6.08 Å². The van der Waals surface area contributed by atoms with E-state index in [0.29, 0.717) is 12.2 Å². The fourth-order valence-corrected chi connectivity index (χ4v) is 0.675. The topological polar surface area (TPSA) is 46.5 Å². The molecule has 3 heteroatoms. The molecule has 11 heavy (non-hydrogen) atoms. The minimum Gasteiger partial charge on any atom is -0.463 e. The summed E-state index contributed by atoms with van der Waals surface area (Å²) in [5, 5.41) is 8.86. The predicted octanol–water partition coefficient (Wildman–Crippen LogP) is 0.877. The van der Waals surface area contributed by atoms with Crippen LogP contribution in [0.15, 0.2) is 11.6 Å². The fraction of sp³-hybridized carbons (Fsp3) is 0.625. The number of aliphatic hydroxyl groups is 1. The van der Waals surface area contributed by atoms with Crippen molar-refractivity contribution < 1.29 is 14.6 Å². The lowest BCUT2D eigenvalue weighted by Crippen LogP contribution is -2.07. The van der Waals surface area contributed by atoms with Crippen molar-refractivity contribution in [3.63, 3.8) is 0 Å². The molecule has 0 aromatic rings. The summed E-state index contributed by atoms with van der Waals surface area (Å²) in [5.74, 6) is -0.367. The molecule has 0 fully saturated rings. The van der Waals surface area contributed by atoms with Gasteiger partial charge in [-0.05, 0) is 26.8 Å². The van der Waals surface area contributed by atoms with E-state index >= 15 is 0 Å². The lowest BCUT2D eigenvalue weighted by Gasteiger charge is -2.02. The molecular weight excluding hydrogens is 144 g/mol. The van der Waals surface area contributed by atoms with Gasteiger partial charge >= 0.3 is 5.97 Å². The molecule has 0 aliphatic carbocycles. The van der Waals surface area contributed by atoms with Crippen LogP contribution in [-0.4, -0.2) is 23.8 Å². The highest BCUT2D eigenvalue weighted by Crippen LogP contribution is 1.98. The summed E-state index contributed by atoms with van der Waals surface area (Å²) in [6.45, 7) is 5.31. The van der Waals surface area contributed by atoms with E-state index in [0.717, 1.165) is 0 Å². The van der Waals surface area contributed by atoms with Gasteiger partial charge in [-0.25, -0.2) is 4.79 Å². The molecule has 64 valence electrons. The molecule has 0 heterocycles. The van der Waals surface area contributed by atoms with Crippen molar-refractivity contribution in [1.82, 2.24) is 0 Å². The van der Waals surface area contributed by atoms with Crippen LogP contribution in [0.2, 0.25) is 0 Å². The van der Waals surface area contributed by atoms with Gasteiger partial charge < -0.3 is 9.84 Å². The van der Waals surface area contributed by atoms with Gasteiger partial charge in [-0.15, -0.1) is 0 Å². The van der Waals surface area contributed by atoms with Crippen LogP contribution in [0, 0.1) is 0 Å². The second kappa shape index (κ2) is 4.91. The Morgan fingerprint density at radius 3 is 2.64 bits per heavy atom. The molecule has 0 saturated carbocycles. The summed E-state index contributed by atoms with van der Waals surface area (Å²) in [5.41, 5.74) is 0.446. The van der Waals surface area contributed by atoms with Crippen LogP contribution in [0.4, 0.5) is 0 Å². The SMILES string of the molecule is CCOC(=O)C(C)=CC(C)O. The van der Waals surface area contributed by atoms with Gasteiger partial charge in [0.2, 0.25) is 0 Å². The summed E-state index contributed by atoms with van der Waals surface area (Å²) >= 11 is 0. The summed E-state index contributed by atoms with van der Waals surface area (Å²) < 4.78 is 4.69. The van der Waals surface area contributed by atoms with Crippen molar-refractivity contribution in [2.75, 3.05) is 6.61 Å². The number of aliphatic hydroxyl groups excluding tert-OH is 1. The maximum Gasteiger partial charge on any atom is 0.333 e. The highest BCUT2D eigenvalue weighted by atomic mass is 16.5. The molecule has 0 saturated heterocycles. The number of hydrogen-bond acceptors (Lipinski definition) is 3. The molecule has 0 amide bonds. The quantitative estimate of drug-likeness (QED) is 0.490. The zero-order chi connectivity index (χ0) is 8.85. The molecule has 0 aromatic carbocycles. The van der Waals surface area contributed by atoms with Crippen molar-refractivity contribution in [3.8, 4) is 0 Å². The van der Waals surface area contributed by atoms with E-state index in [2.05, 4.69) is 4.74 Å². The van der Waals surface area contributed by atoms with Gasteiger partial charge in [0.05, 0.1) is 12.7 Å².